The number of hydrogen-bond donors (Lipinski definition) is 2. The van der Waals surface area contributed by atoms with Gasteiger partial charge >= 0.3 is 0 Å². The average Bonchev–Trinajstić information content (AvgIpc) is 3.17. The lowest BCUT2D eigenvalue weighted by Gasteiger charge is -2.12. The zero-order valence-electron chi connectivity index (χ0n) is 11.3. The van der Waals surface area contributed by atoms with E-state index < -0.39 is 0 Å². The first-order valence-corrected chi connectivity index (χ1v) is 6.86. The van der Waals surface area contributed by atoms with Crippen LogP contribution in [0.15, 0.2) is 18.2 Å². The third-order valence-corrected chi connectivity index (χ3v) is 3.55. The quantitative estimate of drug-likeness (QED) is 0.780. The molecule has 0 heterocycles. The first-order valence-electron chi connectivity index (χ1n) is 6.86. The highest BCUT2D eigenvalue weighted by Gasteiger charge is 2.27. The lowest BCUT2D eigenvalue weighted by molar-refractivity contribution is 0.317. The van der Waals surface area contributed by atoms with E-state index >= 15 is 0 Å². The maximum Gasteiger partial charge on any atom is 0.161 e. The number of benzene rings is 1. The van der Waals surface area contributed by atoms with Gasteiger partial charge in [0.05, 0.1) is 6.61 Å². The number of phenols is 1. The van der Waals surface area contributed by atoms with Gasteiger partial charge < -0.3 is 15.2 Å². The molecule has 1 aliphatic rings. The van der Waals surface area contributed by atoms with Crippen LogP contribution >= 0.6 is 0 Å². The third-order valence-electron chi connectivity index (χ3n) is 3.55. The van der Waals surface area contributed by atoms with Crippen LogP contribution in [0.2, 0.25) is 0 Å². The summed E-state index contributed by atoms with van der Waals surface area (Å²) in [4.78, 5) is 0. The third kappa shape index (κ3) is 3.64. The lowest BCUT2D eigenvalue weighted by atomic mass is 10.1. The fourth-order valence-electron chi connectivity index (χ4n) is 2.22. The minimum atomic E-state index is 0.215. The molecule has 100 valence electrons. The maximum atomic E-state index is 9.62. The van der Waals surface area contributed by atoms with E-state index in [2.05, 4.69) is 12.2 Å². The molecule has 0 aromatic heterocycles. The second-order valence-corrected chi connectivity index (χ2v) is 5.18. The monoisotopic (exact) mass is 249 g/mol. The molecule has 1 atom stereocenters. The molecule has 0 bridgehead atoms. The number of nitrogens with one attached hydrogen (secondary N) is 1. The molecule has 1 aliphatic carbocycles. The first kappa shape index (κ1) is 13.2. The summed E-state index contributed by atoms with van der Waals surface area (Å²) in [6.45, 7) is 6.70. The molecule has 3 heteroatoms. The van der Waals surface area contributed by atoms with Gasteiger partial charge in [-0.15, -0.1) is 0 Å². The normalized spacial score (nSPS) is 16.6. The summed E-state index contributed by atoms with van der Waals surface area (Å²) in [5.74, 6) is 2.50. The van der Waals surface area contributed by atoms with Crippen molar-refractivity contribution in [3.05, 3.63) is 23.8 Å². The van der Waals surface area contributed by atoms with Crippen LogP contribution in [0.1, 0.15) is 32.3 Å². The fourth-order valence-corrected chi connectivity index (χ4v) is 2.22. The van der Waals surface area contributed by atoms with E-state index in [9.17, 15) is 5.11 Å². The number of ether oxygens (including phenoxy) is 1. The van der Waals surface area contributed by atoms with Crippen molar-refractivity contribution in [2.75, 3.05) is 13.2 Å². The van der Waals surface area contributed by atoms with Crippen LogP contribution in [0.25, 0.3) is 0 Å². The van der Waals surface area contributed by atoms with Gasteiger partial charge in [-0.25, -0.2) is 0 Å². The highest BCUT2D eigenvalue weighted by molar-refractivity contribution is 5.41. The van der Waals surface area contributed by atoms with Gasteiger partial charge in [0, 0.05) is 6.54 Å². The Bertz CT molecular complexity index is 388. The zero-order valence-corrected chi connectivity index (χ0v) is 11.3. The van der Waals surface area contributed by atoms with Crippen molar-refractivity contribution in [2.45, 2.75) is 33.2 Å². The Balaban J connectivity index is 1.82. The van der Waals surface area contributed by atoms with E-state index in [1.165, 1.54) is 12.8 Å². The van der Waals surface area contributed by atoms with Crippen LogP contribution in [0.5, 0.6) is 11.5 Å². The molecule has 1 saturated carbocycles. The van der Waals surface area contributed by atoms with Crippen LogP contribution in [0, 0.1) is 11.8 Å². The van der Waals surface area contributed by atoms with Crippen LogP contribution in [-0.2, 0) is 6.54 Å². The Hall–Kier alpha value is -1.22. The Kier molecular flexibility index (Phi) is 4.48. The van der Waals surface area contributed by atoms with Gasteiger partial charge in [0.1, 0.15) is 0 Å². The Morgan fingerprint density at radius 3 is 2.89 bits per heavy atom. The van der Waals surface area contributed by atoms with Gasteiger partial charge in [0.2, 0.25) is 0 Å². The van der Waals surface area contributed by atoms with Gasteiger partial charge in [0.15, 0.2) is 11.5 Å². The molecule has 0 saturated heterocycles. The smallest absolute Gasteiger partial charge is 0.161 e. The molecule has 1 fully saturated rings. The van der Waals surface area contributed by atoms with Crippen LogP contribution < -0.4 is 10.1 Å². The highest BCUT2D eigenvalue weighted by atomic mass is 16.5. The van der Waals surface area contributed by atoms with Crippen LogP contribution in [-0.4, -0.2) is 18.3 Å². The molecule has 2 rings (SSSR count). The van der Waals surface area contributed by atoms with Gasteiger partial charge in [0.25, 0.3) is 0 Å². The summed E-state index contributed by atoms with van der Waals surface area (Å²) in [6, 6.07) is 5.55. The average molecular weight is 249 g/mol. The molecule has 1 unspecified atom stereocenters. The molecule has 3 nitrogen and oxygen atoms in total. The zero-order chi connectivity index (χ0) is 13.0. The lowest BCUT2D eigenvalue weighted by Crippen LogP contribution is -2.21. The number of phenolic OH excluding ortho intramolecular Hbond substituents is 1. The predicted octanol–water partition coefficient (Wildman–Crippen LogP) is 2.93. The molecular formula is C15H23NO2. The molecule has 0 amide bonds. The second kappa shape index (κ2) is 6.10. The van der Waals surface area contributed by atoms with E-state index in [0.29, 0.717) is 12.4 Å². The molecule has 0 spiro atoms. The van der Waals surface area contributed by atoms with Crippen molar-refractivity contribution in [2.24, 2.45) is 11.8 Å². The standard InChI is InChI=1S/C15H23NO2/c1-3-18-15-8-12(4-7-14(15)17)10-16-9-11(2)13-5-6-13/h4,7-8,11,13,16-17H,3,5-6,9-10H2,1-2H3. The Labute approximate surface area is 109 Å². The van der Waals surface area contributed by atoms with Gasteiger partial charge in [-0.2, -0.15) is 0 Å². The fraction of sp³-hybridized carbons (Fsp3) is 0.600. The molecule has 18 heavy (non-hydrogen) atoms. The minimum Gasteiger partial charge on any atom is -0.504 e. The Morgan fingerprint density at radius 1 is 1.44 bits per heavy atom. The topological polar surface area (TPSA) is 41.5 Å². The van der Waals surface area contributed by atoms with Crippen molar-refractivity contribution in [1.29, 1.82) is 0 Å². The van der Waals surface area contributed by atoms with E-state index in [1.54, 1.807) is 6.07 Å². The second-order valence-electron chi connectivity index (χ2n) is 5.18. The van der Waals surface area contributed by atoms with Crippen LogP contribution in [0.4, 0.5) is 0 Å². The number of rotatable bonds is 7. The molecular weight excluding hydrogens is 226 g/mol. The molecule has 0 aliphatic heterocycles. The molecule has 2 N–H and O–H groups in total. The SMILES string of the molecule is CCOc1cc(CNCC(C)C2CC2)ccc1O. The van der Waals surface area contributed by atoms with E-state index in [4.69, 9.17) is 4.74 Å². The first-order chi connectivity index (χ1) is 8.70. The van der Waals surface area contributed by atoms with E-state index in [1.807, 2.05) is 19.1 Å². The molecule has 1 aromatic carbocycles. The maximum absolute atomic E-state index is 9.62. The Morgan fingerprint density at radius 2 is 2.22 bits per heavy atom. The summed E-state index contributed by atoms with van der Waals surface area (Å²) < 4.78 is 5.38. The molecule has 1 aromatic rings. The summed E-state index contributed by atoms with van der Waals surface area (Å²) in [6.07, 6.45) is 2.80. The van der Waals surface area contributed by atoms with Gasteiger partial charge in [-0.1, -0.05) is 13.0 Å². The van der Waals surface area contributed by atoms with Crippen molar-refractivity contribution in [3.8, 4) is 11.5 Å². The summed E-state index contributed by atoms with van der Waals surface area (Å²) in [5, 5.41) is 13.1. The van der Waals surface area contributed by atoms with E-state index in [-0.39, 0.29) is 5.75 Å². The highest BCUT2D eigenvalue weighted by Crippen LogP contribution is 2.36. The van der Waals surface area contributed by atoms with Crippen LogP contribution in [0.3, 0.4) is 0 Å². The van der Waals surface area contributed by atoms with Crippen molar-refractivity contribution in [1.82, 2.24) is 5.32 Å². The minimum absolute atomic E-state index is 0.215. The van der Waals surface area contributed by atoms with Crippen molar-refractivity contribution >= 4 is 0 Å². The largest absolute Gasteiger partial charge is 0.504 e. The van der Waals surface area contributed by atoms with Gasteiger partial charge in [-0.3, -0.25) is 0 Å². The number of hydrogen-bond acceptors (Lipinski definition) is 3. The molecule has 0 radical (unpaired) electrons. The number of aromatic hydroxyl groups is 1. The summed E-state index contributed by atoms with van der Waals surface area (Å²) >= 11 is 0. The predicted molar refractivity (Wildman–Crippen MR) is 72.9 cm³/mol. The summed E-state index contributed by atoms with van der Waals surface area (Å²) in [5.41, 5.74) is 1.15. The van der Waals surface area contributed by atoms with E-state index in [0.717, 1.165) is 30.5 Å². The van der Waals surface area contributed by atoms with Crippen molar-refractivity contribution in [3.63, 3.8) is 0 Å². The van der Waals surface area contributed by atoms with Crippen molar-refractivity contribution < 1.29 is 9.84 Å². The van der Waals surface area contributed by atoms with Gasteiger partial charge in [-0.05, 0) is 55.8 Å². The summed E-state index contributed by atoms with van der Waals surface area (Å²) in [7, 11) is 0.